The highest BCUT2D eigenvalue weighted by atomic mass is 16.3. The van der Waals surface area contributed by atoms with Crippen molar-refractivity contribution in [1.29, 1.82) is 0 Å². The van der Waals surface area contributed by atoms with E-state index in [1.165, 1.54) is 6.07 Å². The number of hydrazine groups is 1. The maximum atomic E-state index is 10.8. The summed E-state index contributed by atoms with van der Waals surface area (Å²) in [4.78, 5) is 20.8. The number of para-hydroxylation sites is 1. The third-order valence-corrected chi connectivity index (χ3v) is 2.23. The van der Waals surface area contributed by atoms with Gasteiger partial charge in [-0.25, -0.2) is 5.84 Å². The van der Waals surface area contributed by atoms with Crippen molar-refractivity contribution >= 4 is 12.2 Å². The van der Waals surface area contributed by atoms with Crippen LogP contribution in [-0.2, 0) is 0 Å². The summed E-state index contributed by atoms with van der Waals surface area (Å²) in [7, 11) is 0. The second kappa shape index (κ2) is 7.62. The highest BCUT2D eigenvalue weighted by Gasteiger charge is 1.98. The van der Waals surface area contributed by atoms with Crippen LogP contribution in [0, 0.1) is 0 Å². The molecule has 5 nitrogen and oxygen atoms in total. The Hall–Kier alpha value is -2.66. The van der Waals surface area contributed by atoms with E-state index in [1.807, 2.05) is 11.5 Å². The zero-order valence-electron chi connectivity index (χ0n) is 10.1. The number of rotatable bonds is 2. The number of hydrogen-bond donors (Lipinski definition) is 3. The number of hydrogen-bond acceptors (Lipinski definition) is 4. The number of phenols is 1. The van der Waals surface area contributed by atoms with Crippen molar-refractivity contribution in [1.82, 2.24) is 5.43 Å². The van der Waals surface area contributed by atoms with Crippen molar-refractivity contribution in [2.45, 2.75) is 0 Å². The van der Waals surface area contributed by atoms with Gasteiger partial charge in [0.05, 0.1) is 5.56 Å². The number of carbonyl (C=O) groups is 2. The number of carbonyl (C=O) groups excluding carboxylic acids is 2. The lowest BCUT2D eigenvalue weighted by molar-refractivity contribution is 0.0953. The number of phenolic OH excluding ortho intramolecular Hbond substituents is 1. The molecule has 2 aromatic rings. The van der Waals surface area contributed by atoms with Crippen molar-refractivity contribution in [3.63, 3.8) is 0 Å². The van der Waals surface area contributed by atoms with Gasteiger partial charge < -0.3 is 5.11 Å². The van der Waals surface area contributed by atoms with Crippen molar-refractivity contribution in [3.8, 4) is 5.75 Å². The third-order valence-electron chi connectivity index (χ3n) is 2.23. The monoisotopic (exact) mass is 258 g/mol. The van der Waals surface area contributed by atoms with E-state index in [4.69, 9.17) is 10.9 Å². The fraction of sp³-hybridized carbons (Fsp3) is 0. The molecule has 0 spiro atoms. The van der Waals surface area contributed by atoms with Crippen LogP contribution in [0.25, 0.3) is 0 Å². The molecule has 0 aliphatic heterocycles. The Morgan fingerprint density at radius 1 is 1.05 bits per heavy atom. The molecule has 1 amide bonds. The smallest absolute Gasteiger partial charge is 0.265 e. The maximum Gasteiger partial charge on any atom is 0.265 e. The molecule has 0 aliphatic carbocycles. The molecule has 0 heterocycles. The third kappa shape index (κ3) is 4.61. The molecule has 0 radical (unpaired) electrons. The molecule has 0 saturated heterocycles. The first-order chi connectivity index (χ1) is 9.19. The van der Waals surface area contributed by atoms with Crippen LogP contribution in [-0.4, -0.2) is 17.3 Å². The topological polar surface area (TPSA) is 92.4 Å². The Bertz CT molecular complexity index is 541. The van der Waals surface area contributed by atoms with Crippen LogP contribution in [0.5, 0.6) is 5.75 Å². The van der Waals surface area contributed by atoms with Crippen LogP contribution < -0.4 is 11.3 Å². The highest BCUT2D eigenvalue weighted by molar-refractivity contribution is 5.93. The minimum atomic E-state index is -0.263. The van der Waals surface area contributed by atoms with Crippen molar-refractivity contribution in [3.05, 3.63) is 65.7 Å². The van der Waals surface area contributed by atoms with Crippen LogP contribution >= 0.6 is 0 Å². The van der Waals surface area contributed by atoms with E-state index < -0.39 is 0 Å². The van der Waals surface area contributed by atoms with Crippen LogP contribution in [0.4, 0.5) is 0 Å². The minimum absolute atomic E-state index is 0.0347. The molecule has 0 fully saturated rings. The van der Waals surface area contributed by atoms with Gasteiger partial charge in [0.15, 0.2) is 6.29 Å². The maximum absolute atomic E-state index is 10.8. The number of benzene rings is 2. The standard InChI is InChI=1S/C7H8N2O.C7H6O2/c8-9-7(10)6-4-2-1-3-5-6;8-5-6-3-1-2-4-7(6)9/h1-5H,8H2,(H,9,10);1-5,9H. The van der Waals surface area contributed by atoms with Gasteiger partial charge >= 0.3 is 0 Å². The second-order valence-corrected chi connectivity index (χ2v) is 3.52. The molecule has 0 unspecified atom stereocenters. The molecule has 19 heavy (non-hydrogen) atoms. The summed E-state index contributed by atoms with van der Waals surface area (Å²) in [6, 6.07) is 15.2. The Morgan fingerprint density at radius 2 is 1.63 bits per heavy atom. The van der Waals surface area contributed by atoms with Gasteiger partial charge in [-0.2, -0.15) is 0 Å². The fourth-order valence-corrected chi connectivity index (χ4v) is 1.26. The SMILES string of the molecule is NNC(=O)c1ccccc1.O=Cc1ccccc1O. The van der Waals surface area contributed by atoms with E-state index in [0.29, 0.717) is 17.4 Å². The lowest BCUT2D eigenvalue weighted by Gasteiger charge is -1.95. The first-order valence-corrected chi connectivity index (χ1v) is 5.48. The normalized spacial score (nSPS) is 8.89. The minimum Gasteiger partial charge on any atom is -0.507 e. The predicted octanol–water partition coefficient (Wildman–Crippen LogP) is 1.49. The Morgan fingerprint density at radius 3 is 2.11 bits per heavy atom. The largest absolute Gasteiger partial charge is 0.507 e. The summed E-state index contributed by atoms with van der Waals surface area (Å²) in [6.45, 7) is 0. The Kier molecular flexibility index (Phi) is 5.78. The van der Waals surface area contributed by atoms with E-state index in [1.54, 1.807) is 42.5 Å². The van der Waals surface area contributed by atoms with E-state index in [9.17, 15) is 9.59 Å². The van der Waals surface area contributed by atoms with Crippen LogP contribution in [0.3, 0.4) is 0 Å². The molecule has 0 atom stereocenters. The van der Waals surface area contributed by atoms with E-state index in [-0.39, 0.29) is 11.7 Å². The van der Waals surface area contributed by atoms with Gasteiger partial charge in [0, 0.05) is 5.56 Å². The number of nitrogens with two attached hydrogens (primary N) is 1. The zero-order chi connectivity index (χ0) is 14.1. The summed E-state index contributed by atoms with van der Waals surface area (Å²) in [5.41, 5.74) is 2.95. The fourth-order valence-electron chi connectivity index (χ4n) is 1.26. The Labute approximate surface area is 110 Å². The average molecular weight is 258 g/mol. The number of aldehydes is 1. The molecule has 0 aliphatic rings. The number of nitrogens with one attached hydrogen (secondary N) is 1. The molecule has 2 aromatic carbocycles. The van der Waals surface area contributed by atoms with Gasteiger partial charge in [-0.3, -0.25) is 15.0 Å². The molecular formula is C14H14N2O3. The number of aromatic hydroxyl groups is 1. The first kappa shape index (κ1) is 14.4. The van der Waals surface area contributed by atoms with Crippen molar-refractivity contribution < 1.29 is 14.7 Å². The summed E-state index contributed by atoms with van der Waals surface area (Å²) >= 11 is 0. The number of amides is 1. The molecule has 2 rings (SSSR count). The van der Waals surface area contributed by atoms with E-state index >= 15 is 0 Å². The zero-order valence-corrected chi connectivity index (χ0v) is 10.1. The second-order valence-electron chi connectivity index (χ2n) is 3.52. The first-order valence-electron chi connectivity index (χ1n) is 5.48. The van der Waals surface area contributed by atoms with Gasteiger partial charge in [0.2, 0.25) is 0 Å². The van der Waals surface area contributed by atoms with E-state index in [0.717, 1.165) is 0 Å². The molecule has 4 N–H and O–H groups in total. The average Bonchev–Trinajstić information content (AvgIpc) is 2.48. The van der Waals surface area contributed by atoms with Gasteiger partial charge in [-0.1, -0.05) is 30.3 Å². The van der Waals surface area contributed by atoms with Crippen molar-refractivity contribution in [2.24, 2.45) is 5.84 Å². The Balaban J connectivity index is 0.000000191. The van der Waals surface area contributed by atoms with Crippen molar-refractivity contribution in [2.75, 3.05) is 0 Å². The highest BCUT2D eigenvalue weighted by Crippen LogP contribution is 2.11. The van der Waals surface area contributed by atoms with Gasteiger partial charge in [0.25, 0.3) is 5.91 Å². The van der Waals surface area contributed by atoms with Crippen LogP contribution in [0.15, 0.2) is 54.6 Å². The summed E-state index contributed by atoms with van der Waals surface area (Å²) in [5.74, 6) is 4.68. The van der Waals surface area contributed by atoms with Gasteiger partial charge in [0.1, 0.15) is 5.75 Å². The quantitative estimate of drug-likeness (QED) is 0.329. The predicted molar refractivity (Wildman–Crippen MR) is 71.6 cm³/mol. The summed E-state index contributed by atoms with van der Waals surface area (Å²) in [6.07, 6.45) is 0.620. The molecule has 0 saturated carbocycles. The lowest BCUT2D eigenvalue weighted by Crippen LogP contribution is -2.29. The van der Waals surface area contributed by atoms with E-state index in [2.05, 4.69) is 0 Å². The molecule has 98 valence electrons. The van der Waals surface area contributed by atoms with Gasteiger partial charge in [-0.15, -0.1) is 0 Å². The van der Waals surface area contributed by atoms with Gasteiger partial charge in [-0.05, 0) is 24.3 Å². The molecule has 0 aromatic heterocycles. The summed E-state index contributed by atoms with van der Waals surface area (Å²) in [5, 5.41) is 8.88. The molecule has 0 bridgehead atoms. The lowest BCUT2D eigenvalue weighted by atomic mass is 10.2. The number of nitrogen functional groups attached to an aromatic ring is 1. The summed E-state index contributed by atoms with van der Waals surface area (Å²) < 4.78 is 0. The molecular weight excluding hydrogens is 244 g/mol. The molecule has 5 heteroatoms. The van der Waals surface area contributed by atoms with Crippen LogP contribution in [0.2, 0.25) is 0 Å². The van der Waals surface area contributed by atoms with Crippen LogP contribution in [0.1, 0.15) is 20.7 Å².